The summed E-state index contributed by atoms with van der Waals surface area (Å²) in [5.41, 5.74) is 4.26. The van der Waals surface area contributed by atoms with Crippen LogP contribution in [0.25, 0.3) is 0 Å². The molecule has 1 fully saturated rings. The Morgan fingerprint density at radius 2 is 1.84 bits per heavy atom. The number of carbonyl (C=O) groups excluding carboxylic acids is 1. The van der Waals surface area contributed by atoms with Crippen molar-refractivity contribution in [2.24, 2.45) is 5.92 Å². The van der Waals surface area contributed by atoms with E-state index in [1.807, 2.05) is 6.92 Å². The minimum atomic E-state index is -4.05. The van der Waals surface area contributed by atoms with Crippen molar-refractivity contribution in [2.75, 3.05) is 19.6 Å². The minimum Gasteiger partial charge on any atom is -0.547 e. The normalized spacial score (nSPS) is 18.8. The van der Waals surface area contributed by atoms with Gasteiger partial charge in [-0.15, -0.1) is 0 Å². The highest BCUT2D eigenvalue weighted by molar-refractivity contribution is 5.71. The minimum absolute atomic E-state index is 0.340. The fraction of sp³-hybridized carbons (Fsp3) is 0.588. The number of alkyl halides is 3. The van der Waals surface area contributed by atoms with Gasteiger partial charge in [0.25, 0.3) is 0 Å². The number of benzene rings is 1. The Morgan fingerprint density at radius 1 is 1.32 bits per heavy atom. The summed E-state index contributed by atoms with van der Waals surface area (Å²) in [5, 5.41) is 19.1. The Bertz CT molecular complexity index is 516. The molecule has 0 amide bonds. The Morgan fingerprint density at radius 3 is 2.24 bits per heavy atom. The van der Waals surface area contributed by atoms with Gasteiger partial charge in [-0.1, -0.05) is 30.3 Å². The van der Waals surface area contributed by atoms with Gasteiger partial charge in [0.2, 0.25) is 0 Å². The van der Waals surface area contributed by atoms with E-state index in [0.717, 1.165) is 12.8 Å². The fourth-order valence-electron chi connectivity index (χ4n) is 2.71. The molecule has 2 rings (SSSR count). The van der Waals surface area contributed by atoms with Crippen LogP contribution in [0.2, 0.25) is 0 Å². The second kappa shape index (κ2) is 9.74. The zero-order valence-corrected chi connectivity index (χ0v) is 14.2. The van der Waals surface area contributed by atoms with Crippen LogP contribution in [-0.2, 0) is 4.79 Å². The van der Waals surface area contributed by atoms with Gasteiger partial charge in [-0.25, -0.2) is 0 Å². The molecule has 0 spiro atoms. The zero-order valence-electron chi connectivity index (χ0n) is 14.2. The van der Waals surface area contributed by atoms with Crippen LogP contribution in [0.4, 0.5) is 13.2 Å². The van der Waals surface area contributed by atoms with Gasteiger partial charge in [0, 0.05) is 5.92 Å². The van der Waals surface area contributed by atoms with Crippen LogP contribution in [0, 0.1) is 5.92 Å². The summed E-state index contributed by atoms with van der Waals surface area (Å²) in [6.45, 7) is 2.39. The molecule has 2 atom stereocenters. The largest absolute Gasteiger partial charge is 0.547 e. The molecule has 25 heavy (non-hydrogen) atoms. The Balaban J connectivity index is 0.000000257. The molecule has 0 aliphatic carbocycles. The number of hydrogen-bond acceptors (Lipinski definition) is 4. The van der Waals surface area contributed by atoms with E-state index >= 15 is 0 Å². The lowest BCUT2D eigenvalue weighted by molar-refractivity contribution is -0.429. The molecule has 1 aromatic carbocycles. The third-order valence-electron chi connectivity index (χ3n) is 4.18. The second-order valence-corrected chi connectivity index (χ2v) is 6.34. The van der Waals surface area contributed by atoms with Crippen molar-refractivity contribution in [3.63, 3.8) is 0 Å². The lowest BCUT2D eigenvalue weighted by atomic mass is 9.91. The number of halogens is 3. The Labute approximate surface area is 145 Å². The maximum absolute atomic E-state index is 12.0. The van der Waals surface area contributed by atoms with Gasteiger partial charge < -0.3 is 20.7 Å². The summed E-state index contributed by atoms with van der Waals surface area (Å²) in [6.07, 6.45) is -3.87. The topological polar surface area (TPSA) is 91.2 Å². The molecule has 0 aromatic heterocycles. The summed E-state index contributed by atoms with van der Waals surface area (Å²) in [6, 6.07) is 8.46. The quantitative estimate of drug-likeness (QED) is 0.809. The lowest BCUT2D eigenvalue weighted by Crippen LogP contribution is -2.63. The van der Waals surface area contributed by atoms with Gasteiger partial charge in [-0.3, -0.25) is 4.90 Å². The van der Waals surface area contributed by atoms with Crippen LogP contribution in [0.5, 0.6) is 0 Å². The van der Waals surface area contributed by atoms with Crippen molar-refractivity contribution in [3.05, 3.63) is 35.9 Å². The summed E-state index contributed by atoms with van der Waals surface area (Å²) < 4.78 is 36.1. The maximum Gasteiger partial charge on any atom is 0.401 e. The first kappa shape index (κ1) is 21.4. The zero-order chi connectivity index (χ0) is 19.0. The number of aliphatic carboxylic acids is 1. The molecule has 142 valence electrons. The maximum atomic E-state index is 12.0. The van der Waals surface area contributed by atoms with E-state index in [4.69, 9.17) is 5.11 Å². The van der Waals surface area contributed by atoms with E-state index in [2.05, 4.69) is 5.73 Å². The predicted octanol–water partition coefficient (Wildman–Crippen LogP) is 0.361. The van der Waals surface area contributed by atoms with E-state index in [1.54, 1.807) is 18.2 Å². The van der Waals surface area contributed by atoms with Crippen LogP contribution < -0.4 is 10.8 Å². The second-order valence-electron chi connectivity index (χ2n) is 6.34. The molecule has 1 saturated heterocycles. The number of carboxylic acid groups (broad SMARTS) is 1. The third kappa shape index (κ3) is 8.33. The Hall–Kier alpha value is -1.64. The van der Waals surface area contributed by atoms with Gasteiger partial charge in [-0.05, 0) is 38.4 Å². The van der Waals surface area contributed by atoms with Crippen molar-refractivity contribution in [1.29, 1.82) is 0 Å². The number of piperidine rings is 1. The molecule has 5 nitrogen and oxygen atoms in total. The molecule has 1 aliphatic rings. The van der Waals surface area contributed by atoms with Gasteiger partial charge in [0.15, 0.2) is 0 Å². The van der Waals surface area contributed by atoms with Crippen LogP contribution in [0.3, 0.4) is 0 Å². The van der Waals surface area contributed by atoms with Crippen LogP contribution in [-0.4, -0.2) is 47.8 Å². The highest BCUT2D eigenvalue weighted by atomic mass is 19.4. The van der Waals surface area contributed by atoms with Crippen molar-refractivity contribution in [2.45, 2.75) is 38.1 Å². The summed E-state index contributed by atoms with van der Waals surface area (Å²) in [7, 11) is 0. The molecular weight excluding hydrogens is 337 g/mol. The van der Waals surface area contributed by atoms with Crippen LogP contribution in [0.15, 0.2) is 30.3 Å². The number of carboxylic acids is 1. The van der Waals surface area contributed by atoms with Gasteiger partial charge >= 0.3 is 6.18 Å². The number of likely N-dealkylation sites (tertiary alicyclic amines) is 1. The predicted molar refractivity (Wildman–Crippen MR) is 84.0 cm³/mol. The average molecular weight is 362 g/mol. The summed E-state index contributed by atoms with van der Waals surface area (Å²) in [4.78, 5) is 11.6. The molecule has 8 heteroatoms. The smallest absolute Gasteiger partial charge is 0.401 e. The molecule has 4 N–H and O–H groups in total. The highest BCUT2D eigenvalue weighted by Crippen LogP contribution is 2.23. The van der Waals surface area contributed by atoms with E-state index in [1.165, 1.54) is 17.0 Å². The van der Waals surface area contributed by atoms with Gasteiger partial charge in [0.1, 0.15) is 6.10 Å². The van der Waals surface area contributed by atoms with Crippen molar-refractivity contribution in [1.82, 2.24) is 4.90 Å². The molecule has 1 aromatic rings. The van der Waals surface area contributed by atoms with Crippen molar-refractivity contribution >= 4 is 5.97 Å². The molecule has 1 aliphatic heterocycles. The first-order valence-electron chi connectivity index (χ1n) is 8.16. The monoisotopic (exact) mass is 362 g/mol. The number of quaternary nitrogens is 1. The number of carbonyl (C=O) groups is 1. The lowest BCUT2D eigenvalue weighted by Gasteiger charge is -2.32. The standard InChI is InChI=1S/C9H17F3N2.C8H8O3/c1-7(13)8-2-4-14(5-3-8)6-9(10,11)12;9-7(8(10)11)6-4-2-1-3-5-6/h7-8H,2-6,13H2,1H3;1-5,7,9H,(H,10,11)/t2*7-/m11/s1. The van der Waals surface area contributed by atoms with E-state index in [-0.39, 0.29) is 0 Å². The van der Waals surface area contributed by atoms with Gasteiger partial charge in [-0.2, -0.15) is 13.2 Å². The summed E-state index contributed by atoms with van der Waals surface area (Å²) in [5.74, 6) is -0.976. The highest BCUT2D eigenvalue weighted by Gasteiger charge is 2.33. The first-order valence-corrected chi connectivity index (χ1v) is 8.16. The van der Waals surface area contributed by atoms with E-state index in [0.29, 0.717) is 30.6 Å². The van der Waals surface area contributed by atoms with Crippen LogP contribution in [0.1, 0.15) is 31.4 Å². The molecular formula is C17H25F3N2O3. The average Bonchev–Trinajstić information content (AvgIpc) is 2.54. The molecule has 0 unspecified atom stereocenters. The number of nitrogens with zero attached hydrogens (tertiary/aromatic N) is 1. The molecule has 0 radical (unpaired) electrons. The number of rotatable bonds is 4. The number of aliphatic hydroxyl groups is 1. The van der Waals surface area contributed by atoms with Gasteiger partial charge in [0.05, 0.1) is 18.6 Å². The Kier molecular flexibility index (Phi) is 8.34. The first-order chi connectivity index (χ1) is 11.6. The summed E-state index contributed by atoms with van der Waals surface area (Å²) >= 11 is 0. The van der Waals surface area contributed by atoms with Crippen LogP contribution >= 0.6 is 0 Å². The van der Waals surface area contributed by atoms with E-state index < -0.39 is 24.8 Å². The molecule has 1 heterocycles. The molecule has 0 saturated carbocycles. The van der Waals surface area contributed by atoms with Crippen molar-refractivity contribution < 1.29 is 33.9 Å². The van der Waals surface area contributed by atoms with E-state index in [9.17, 15) is 23.1 Å². The van der Waals surface area contributed by atoms with Crippen molar-refractivity contribution in [3.8, 4) is 0 Å². The molecule has 0 bridgehead atoms. The SMILES string of the molecule is C[C@@H]([NH3+])C1CCN(CC(F)(F)F)CC1.O=C([O-])[C@H](O)c1ccccc1. The third-order valence-corrected chi connectivity index (χ3v) is 4.18. The number of aliphatic hydroxyl groups excluding tert-OH is 1. The number of hydrogen-bond donors (Lipinski definition) is 2. The fourth-order valence-corrected chi connectivity index (χ4v) is 2.71.